The molecule has 106 valence electrons. The molecule has 1 aromatic rings. The predicted molar refractivity (Wildman–Crippen MR) is 83.0 cm³/mol. The van der Waals surface area contributed by atoms with Gasteiger partial charge in [-0.1, -0.05) is 11.8 Å². The highest BCUT2D eigenvalue weighted by Gasteiger charge is 2.18. The second-order valence-electron chi connectivity index (χ2n) is 4.90. The molecule has 1 amide bonds. The summed E-state index contributed by atoms with van der Waals surface area (Å²) >= 11 is 1.88. The average Bonchev–Trinajstić information content (AvgIpc) is 2.91. The minimum Gasteiger partial charge on any atom is -0.395 e. The lowest BCUT2D eigenvalue weighted by molar-refractivity contribution is 0.0941. The van der Waals surface area contributed by atoms with Crippen LogP contribution in [0.4, 0.5) is 0 Å². The lowest BCUT2D eigenvalue weighted by atomic mass is 10.1. The van der Waals surface area contributed by atoms with Gasteiger partial charge in [-0.2, -0.15) is 11.8 Å². The van der Waals surface area contributed by atoms with Gasteiger partial charge in [-0.05, 0) is 42.9 Å². The number of aryl methyl sites for hydroxylation is 1. The van der Waals surface area contributed by atoms with Crippen LogP contribution in [0.1, 0.15) is 34.3 Å². The van der Waals surface area contributed by atoms with Crippen molar-refractivity contribution in [3.8, 4) is 11.8 Å². The predicted octanol–water partition coefficient (Wildman–Crippen LogP) is 1.96. The average molecular weight is 289 g/mol. The Morgan fingerprint density at radius 1 is 1.50 bits per heavy atom. The Bertz CT molecular complexity index is 539. The molecule has 1 unspecified atom stereocenters. The summed E-state index contributed by atoms with van der Waals surface area (Å²) in [7, 11) is 0. The Balaban J connectivity index is 2.10. The number of carbonyl (C=O) groups is 1. The maximum atomic E-state index is 12.2. The highest BCUT2D eigenvalue weighted by molar-refractivity contribution is 7.99. The highest BCUT2D eigenvalue weighted by Crippen LogP contribution is 2.18. The molecule has 0 saturated carbocycles. The number of rotatable bonds is 3. The molecule has 1 aliphatic rings. The summed E-state index contributed by atoms with van der Waals surface area (Å²) in [5.74, 6) is 7.96. The number of hydrogen-bond acceptors (Lipinski definition) is 3. The maximum absolute atomic E-state index is 12.2. The first kappa shape index (κ1) is 15.0. The smallest absolute Gasteiger partial charge is 0.251 e. The number of aliphatic hydroxyl groups excluding tert-OH is 1. The van der Waals surface area contributed by atoms with Gasteiger partial charge in [0.25, 0.3) is 5.91 Å². The lowest BCUT2D eigenvalue weighted by Crippen LogP contribution is -2.34. The zero-order valence-corrected chi connectivity index (χ0v) is 12.4. The van der Waals surface area contributed by atoms with Crippen molar-refractivity contribution in [2.75, 3.05) is 18.1 Å². The summed E-state index contributed by atoms with van der Waals surface area (Å²) < 4.78 is 0. The molecule has 1 saturated heterocycles. The zero-order valence-electron chi connectivity index (χ0n) is 11.6. The van der Waals surface area contributed by atoms with E-state index >= 15 is 0 Å². The van der Waals surface area contributed by atoms with Crippen LogP contribution in [0.15, 0.2) is 18.2 Å². The second kappa shape index (κ2) is 7.37. The Hall–Kier alpha value is -1.44. The van der Waals surface area contributed by atoms with Crippen molar-refractivity contribution in [3.63, 3.8) is 0 Å². The minimum absolute atomic E-state index is 0.0218. The van der Waals surface area contributed by atoms with Gasteiger partial charge >= 0.3 is 0 Å². The standard InChI is InChI=1S/C16H19NO2S/c1-12-8-13(4-2-3-6-18)10-14(9-12)16(19)17-15-5-7-20-11-15/h8-10,15,18H,3,5-7,11H2,1H3,(H,17,19). The van der Waals surface area contributed by atoms with Gasteiger partial charge in [0.2, 0.25) is 0 Å². The third-order valence-electron chi connectivity index (χ3n) is 3.07. The Morgan fingerprint density at radius 3 is 3.05 bits per heavy atom. The Kier molecular flexibility index (Phi) is 5.51. The van der Waals surface area contributed by atoms with Crippen molar-refractivity contribution in [1.29, 1.82) is 0 Å². The number of carbonyl (C=O) groups excluding carboxylic acids is 1. The molecule has 0 aliphatic carbocycles. The number of benzene rings is 1. The van der Waals surface area contributed by atoms with Crippen LogP contribution in [0.25, 0.3) is 0 Å². The van der Waals surface area contributed by atoms with Gasteiger partial charge in [0.05, 0.1) is 6.61 Å². The van der Waals surface area contributed by atoms with Gasteiger partial charge in [0.15, 0.2) is 0 Å². The van der Waals surface area contributed by atoms with Crippen LogP contribution < -0.4 is 5.32 Å². The van der Waals surface area contributed by atoms with Crippen molar-refractivity contribution < 1.29 is 9.90 Å². The normalized spacial score (nSPS) is 17.4. The molecular weight excluding hydrogens is 270 g/mol. The molecule has 20 heavy (non-hydrogen) atoms. The molecule has 2 N–H and O–H groups in total. The maximum Gasteiger partial charge on any atom is 0.251 e. The molecule has 1 aromatic carbocycles. The molecule has 1 heterocycles. The quantitative estimate of drug-likeness (QED) is 0.836. The number of aliphatic hydroxyl groups is 1. The fourth-order valence-electron chi connectivity index (χ4n) is 2.12. The second-order valence-corrected chi connectivity index (χ2v) is 6.05. The van der Waals surface area contributed by atoms with E-state index in [2.05, 4.69) is 17.2 Å². The fourth-order valence-corrected chi connectivity index (χ4v) is 3.28. The van der Waals surface area contributed by atoms with E-state index < -0.39 is 0 Å². The molecule has 4 heteroatoms. The third-order valence-corrected chi connectivity index (χ3v) is 4.24. The first-order valence-corrected chi connectivity index (χ1v) is 7.94. The van der Waals surface area contributed by atoms with Crippen LogP contribution >= 0.6 is 11.8 Å². The number of nitrogens with one attached hydrogen (secondary N) is 1. The Labute approximate surface area is 124 Å². The van der Waals surface area contributed by atoms with E-state index in [1.54, 1.807) is 0 Å². The monoisotopic (exact) mass is 289 g/mol. The van der Waals surface area contributed by atoms with Crippen LogP contribution in [0.3, 0.4) is 0 Å². The first-order valence-electron chi connectivity index (χ1n) is 6.79. The van der Waals surface area contributed by atoms with Crippen LogP contribution in [0.2, 0.25) is 0 Å². The first-order chi connectivity index (χ1) is 9.69. The number of hydrogen-bond donors (Lipinski definition) is 2. The van der Waals surface area contributed by atoms with E-state index in [0.29, 0.717) is 12.0 Å². The SMILES string of the molecule is Cc1cc(C#CCCO)cc(C(=O)NC2CCSC2)c1. The molecule has 2 rings (SSSR count). The van der Waals surface area contributed by atoms with Crippen molar-refractivity contribution in [3.05, 3.63) is 34.9 Å². The molecule has 0 radical (unpaired) electrons. The van der Waals surface area contributed by atoms with E-state index in [-0.39, 0.29) is 18.6 Å². The van der Waals surface area contributed by atoms with Crippen molar-refractivity contribution >= 4 is 17.7 Å². The summed E-state index contributed by atoms with van der Waals surface area (Å²) in [6, 6.07) is 5.94. The van der Waals surface area contributed by atoms with E-state index in [0.717, 1.165) is 29.1 Å². The molecule has 1 aliphatic heterocycles. The van der Waals surface area contributed by atoms with Gasteiger partial charge in [-0.15, -0.1) is 0 Å². The van der Waals surface area contributed by atoms with E-state index in [1.807, 2.05) is 36.9 Å². The van der Waals surface area contributed by atoms with Gasteiger partial charge in [-0.25, -0.2) is 0 Å². The lowest BCUT2D eigenvalue weighted by Gasteiger charge is -2.11. The van der Waals surface area contributed by atoms with Crippen molar-refractivity contribution in [2.24, 2.45) is 0 Å². The van der Waals surface area contributed by atoms with Crippen LogP contribution in [0, 0.1) is 18.8 Å². The van der Waals surface area contributed by atoms with E-state index in [4.69, 9.17) is 5.11 Å². The van der Waals surface area contributed by atoms with Gasteiger partial charge in [0, 0.05) is 29.3 Å². The summed E-state index contributed by atoms with van der Waals surface area (Å²) in [6.07, 6.45) is 1.50. The Morgan fingerprint density at radius 2 is 2.35 bits per heavy atom. The van der Waals surface area contributed by atoms with Crippen LogP contribution in [-0.2, 0) is 0 Å². The summed E-state index contributed by atoms with van der Waals surface area (Å²) in [5, 5.41) is 11.8. The van der Waals surface area contributed by atoms with Gasteiger partial charge in [0.1, 0.15) is 0 Å². The summed E-state index contributed by atoms with van der Waals surface area (Å²) in [5.41, 5.74) is 2.51. The molecule has 1 fully saturated rings. The molecule has 1 atom stereocenters. The highest BCUT2D eigenvalue weighted by atomic mass is 32.2. The fraction of sp³-hybridized carbons (Fsp3) is 0.438. The number of amides is 1. The number of thioether (sulfide) groups is 1. The zero-order chi connectivity index (χ0) is 14.4. The van der Waals surface area contributed by atoms with Crippen LogP contribution in [-0.4, -0.2) is 35.2 Å². The summed E-state index contributed by atoms with van der Waals surface area (Å²) in [6.45, 7) is 2.02. The van der Waals surface area contributed by atoms with E-state index in [9.17, 15) is 4.79 Å². The minimum atomic E-state index is -0.0218. The molecule has 0 aromatic heterocycles. The van der Waals surface area contributed by atoms with Gasteiger partial charge < -0.3 is 10.4 Å². The summed E-state index contributed by atoms with van der Waals surface area (Å²) in [4.78, 5) is 12.2. The van der Waals surface area contributed by atoms with Crippen LogP contribution in [0.5, 0.6) is 0 Å². The molecule has 0 spiro atoms. The third kappa shape index (κ3) is 4.29. The van der Waals surface area contributed by atoms with Crippen molar-refractivity contribution in [1.82, 2.24) is 5.32 Å². The molecular formula is C16H19NO2S. The molecule has 0 bridgehead atoms. The molecule has 3 nitrogen and oxygen atoms in total. The van der Waals surface area contributed by atoms with Gasteiger partial charge in [-0.3, -0.25) is 4.79 Å². The largest absolute Gasteiger partial charge is 0.395 e. The van der Waals surface area contributed by atoms with Crippen molar-refractivity contribution in [2.45, 2.75) is 25.8 Å². The van der Waals surface area contributed by atoms with E-state index in [1.165, 1.54) is 0 Å². The topological polar surface area (TPSA) is 49.3 Å².